The number of carboxylic acids is 1. The van der Waals surface area contributed by atoms with E-state index in [9.17, 15) is 14.4 Å². The van der Waals surface area contributed by atoms with Crippen molar-refractivity contribution in [2.24, 2.45) is 0 Å². The molecule has 0 spiro atoms. The van der Waals surface area contributed by atoms with Crippen molar-refractivity contribution in [2.45, 2.75) is 38.6 Å². The highest BCUT2D eigenvalue weighted by molar-refractivity contribution is 5.94. The van der Waals surface area contributed by atoms with Crippen LogP contribution in [0.4, 0.5) is 0 Å². The molecule has 1 fully saturated rings. The number of carbonyl (C=O) groups is 3. The second-order valence-electron chi connectivity index (χ2n) is 5.62. The Labute approximate surface area is 135 Å². The average Bonchev–Trinajstić information content (AvgIpc) is 3.01. The maximum Gasteiger partial charge on any atom is 0.326 e. The second kappa shape index (κ2) is 7.76. The van der Waals surface area contributed by atoms with Crippen molar-refractivity contribution in [3.05, 3.63) is 29.8 Å². The molecule has 1 amide bonds. The predicted octanol–water partition coefficient (Wildman–Crippen LogP) is 2.12. The normalized spacial score (nSPS) is 17.1. The monoisotopic (exact) mass is 319 g/mol. The molecule has 0 aliphatic carbocycles. The maximum absolute atomic E-state index is 12.1. The molecule has 2 rings (SSSR count). The van der Waals surface area contributed by atoms with Crippen LogP contribution in [0.1, 0.15) is 43.0 Å². The van der Waals surface area contributed by atoms with Crippen LogP contribution in [0.5, 0.6) is 5.75 Å². The van der Waals surface area contributed by atoms with E-state index < -0.39 is 12.0 Å². The summed E-state index contributed by atoms with van der Waals surface area (Å²) in [6, 6.07) is 6.16. The van der Waals surface area contributed by atoms with Crippen LogP contribution >= 0.6 is 0 Å². The van der Waals surface area contributed by atoms with Crippen molar-refractivity contribution in [1.82, 2.24) is 4.90 Å². The van der Waals surface area contributed by atoms with Gasteiger partial charge in [-0.25, -0.2) is 4.79 Å². The molecule has 0 aromatic heterocycles. The molecular weight excluding hydrogens is 298 g/mol. The molecule has 124 valence electrons. The van der Waals surface area contributed by atoms with Gasteiger partial charge in [0.25, 0.3) is 0 Å². The first-order valence-electron chi connectivity index (χ1n) is 7.75. The van der Waals surface area contributed by atoms with Crippen molar-refractivity contribution in [3.63, 3.8) is 0 Å². The highest BCUT2D eigenvalue weighted by atomic mass is 16.5. The smallest absolute Gasteiger partial charge is 0.326 e. The second-order valence-corrected chi connectivity index (χ2v) is 5.62. The van der Waals surface area contributed by atoms with E-state index in [1.807, 2.05) is 0 Å². The van der Waals surface area contributed by atoms with E-state index in [1.54, 1.807) is 24.3 Å². The zero-order valence-electron chi connectivity index (χ0n) is 13.2. The zero-order chi connectivity index (χ0) is 16.8. The molecule has 1 aromatic carbocycles. The molecule has 6 nitrogen and oxygen atoms in total. The number of ether oxygens (including phenoxy) is 1. The summed E-state index contributed by atoms with van der Waals surface area (Å²) in [4.78, 5) is 35.7. The minimum Gasteiger partial charge on any atom is -0.494 e. The summed E-state index contributed by atoms with van der Waals surface area (Å²) in [5, 5.41) is 9.07. The summed E-state index contributed by atoms with van der Waals surface area (Å²) >= 11 is 0. The molecule has 1 N–H and O–H groups in total. The molecule has 1 atom stereocenters. The van der Waals surface area contributed by atoms with Crippen LogP contribution in [0, 0.1) is 0 Å². The van der Waals surface area contributed by atoms with Crippen LogP contribution < -0.4 is 4.74 Å². The lowest BCUT2D eigenvalue weighted by molar-refractivity contribution is -0.148. The van der Waals surface area contributed by atoms with Gasteiger partial charge in [0.2, 0.25) is 5.91 Å². The third kappa shape index (κ3) is 4.55. The molecule has 1 aliphatic rings. The van der Waals surface area contributed by atoms with Gasteiger partial charge in [0.15, 0.2) is 5.78 Å². The fourth-order valence-corrected chi connectivity index (χ4v) is 2.66. The average molecular weight is 319 g/mol. The van der Waals surface area contributed by atoms with E-state index in [-0.39, 0.29) is 18.1 Å². The summed E-state index contributed by atoms with van der Waals surface area (Å²) in [5.74, 6) is -0.420. The van der Waals surface area contributed by atoms with E-state index in [0.29, 0.717) is 37.3 Å². The number of aliphatic carboxylic acids is 1. The third-order valence-corrected chi connectivity index (χ3v) is 3.92. The van der Waals surface area contributed by atoms with Crippen LogP contribution in [0.15, 0.2) is 24.3 Å². The highest BCUT2D eigenvalue weighted by Gasteiger charge is 2.33. The van der Waals surface area contributed by atoms with Crippen LogP contribution in [0.3, 0.4) is 0 Å². The molecular formula is C17H21NO5. The Bertz CT molecular complexity index is 581. The Morgan fingerprint density at radius 3 is 2.57 bits per heavy atom. The first kappa shape index (κ1) is 17.0. The Morgan fingerprint density at radius 1 is 1.26 bits per heavy atom. The van der Waals surface area contributed by atoms with E-state index in [4.69, 9.17) is 9.84 Å². The summed E-state index contributed by atoms with van der Waals surface area (Å²) in [6.45, 7) is 2.39. The van der Waals surface area contributed by atoms with Crippen molar-refractivity contribution < 1.29 is 24.2 Å². The quantitative estimate of drug-likeness (QED) is 0.615. The van der Waals surface area contributed by atoms with Gasteiger partial charge >= 0.3 is 5.97 Å². The number of likely N-dealkylation sites (tertiary alicyclic amines) is 1. The molecule has 0 bridgehead atoms. The third-order valence-electron chi connectivity index (χ3n) is 3.92. The Hall–Kier alpha value is -2.37. The maximum atomic E-state index is 12.1. The van der Waals surface area contributed by atoms with Gasteiger partial charge in [0, 0.05) is 18.5 Å². The van der Waals surface area contributed by atoms with E-state index in [2.05, 4.69) is 0 Å². The number of amides is 1. The van der Waals surface area contributed by atoms with Crippen molar-refractivity contribution in [1.29, 1.82) is 0 Å². The Balaban J connectivity index is 1.73. The standard InChI is InChI=1S/C17H21NO5/c1-12(19)13-6-8-14(9-7-13)23-11-3-5-16(20)18-10-2-4-15(18)17(21)22/h6-9,15H,2-5,10-11H2,1H3,(H,21,22). The minimum atomic E-state index is -0.933. The predicted molar refractivity (Wildman–Crippen MR) is 83.5 cm³/mol. The van der Waals surface area contributed by atoms with Gasteiger partial charge in [0.05, 0.1) is 6.61 Å². The number of carbonyl (C=O) groups excluding carboxylic acids is 2. The number of hydrogen-bond donors (Lipinski definition) is 1. The van der Waals surface area contributed by atoms with Gasteiger partial charge in [-0.05, 0) is 50.5 Å². The number of hydrogen-bond acceptors (Lipinski definition) is 4. The lowest BCUT2D eigenvalue weighted by atomic mass is 10.1. The molecule has 6 heteroatoms. The lowest BCUT2D eigenvalue weighted by Gasteiger charge is -2.21. The molecule has 1 aromatic rings. The lowest BCUT2D eigenvalue weighted by Crippen LogP contribution is -2.40. The van der Waals surface area contributed by atoms with Gasteiger partial charge in [-0.15, -0.1) is 0 Å². The SMILES string of the molecule is CC(=O)c1ccc(OCCCC(=O)N2CCCC2C(=O)O)cc1. The number of benzene rings is 1. The van der Waals surface area contributed by atoms with Crippen LogP contribution in [-0.4, -0.2) is 46.9 Å². The molecule has 1 unspecified atom stereocenters. The Kier molecular flexibility index (Phi) is 5.73. The number of nitrogens with zero attached hydrogens (tertiary/aromatic N) is 1. The molecule has 1 saturated heterocycles. The molecule has 0 saturated carbocycles. The van der Waals surface area contributed by atoms with Crippen LogP contribution in [-0.2, 0) is 9.59 Å². The van der Waals surface area contributed by atoms with Gasteiger partial charge < -0.3 is 14.7 Å². The first-order valence-corrected chi connectivity index (χ1v) is 7.75. The fourth-order valence-electron chi connectivity index (χ4n) is 2.66. The van der Waals surface area contributed by atoms with Crippen molar-refractivity contribution in [2.75, 3.05) is 13.2 Å². The van der Waals surface area contributed by atoms with Crippen molar-refractivity contribution >= 4 is 17.7 Å². The topological polar surface area (TPSA) is 83.9 Å². The van der Waals surface area contributed by atoms with Gasteiger partial charge in [-0.3, -0.25) is 9.59 Å². The van der Waals surface area contributed by atoms with E-state index in [0.717, 1.165) is 6.42 Å². The summed E-state index contributed by atoms with van der Waals surface area (Å²) in [5.41, 5.74) is 0.626. The Morgan fingerprint density at radius 2 is 1.96 bits per heavy atom. The summed E-state index contributed by atoms with van der Waals surface area (Å²) < 4.78 is 5.53. The number of ketones is 1. The van der Waals surface area contributed by atoms with Crippen LogP contribution in [0.2, 0.25) is 0 Å². The highest BCUT2D eigenvalue weighted by Crippen LogP contribution is 2.19. The van der Waals surface area contributed by atoms with Gasteiger partial charge in [-0.2, -0.15) is 0 Å². The molecule has 23 heavy (non-hydrogen) atoms. The zero-order valence-corrected chi connectivity index (χ0v) is 13.2. The van der Waals surface area contributed by atoms with Gasteiger partial charge in [0.1, 0.15) is 11.8 Å². The minimum absolute atomic E-state index is 0.000689. The fraction of sp³-hybridized carbons (Fsp3) is 0.471. The summed E-state index contributed by atoms with van der Waals surface area (Å²) in [7, 11) is 0. The van der Waals surface area contributed by atoms with Crippen molar-refractivity contribution in [3.8, 4) is 5.75 Å². The molecule has 1 heterocycles. The van der Waals surface area contributed by atoms with E-state index in [1.165, 1.54) is 11.8 Å². The van der Waals surface area contributed by atoms with E-state index >= 15 is 0 Å². The van der Waals surface area contributed by atoms with Crippen LogP contribution in [0.25, 0.3) is 0 Å². The summed E-state index contributed by atoms with van der Waals surface area (Å²) in [6.07, 6.45) is 2.06. The largest absolute Gasteiger partial charge is 0.494 e. The number of rotatable bonds is 7. The number of carboxylic acid groups (broad SMARTS) is 1. The number of Topliss-reactive ketones (excluding diaryl/α,β-unsaturated/α-hetero) is 1. The van der Waals surface area contributed by atoms with Gasteiger partial charge in [-0.1, -0.05) is 0 Å². The molecule has 0 radical (unpaired) electrons. The molecule has 1 aliphatic heterocycles. The first-order chi connectivity index (χ1) is 11.0.